The van der Waals surface area contributed by atoms with Gasteiger partial charge in [0, 0.05) is 0 Å². The van der Waals surface area contributed by atoms with Crippen molar-refractivity contribution in [3.8, 4) is 0 Å². The molecule has 0 aliphatic heterocycles. The van der Waals surface area contributed by atoms with Gasteiger partial charge in [-0.2, -0.15) is 0 Å². The summed E-state index contributed by atoms with van der Waals surface area (Å²) in [6, 6.07) is 0. The fraction of sp³-hybridized carbons (Fsp3) is 0.600. The van der Waals surface area contributed by atoms with Crippen molar-refractivity contribution in [2.24, 2.45) is 11.8 Å². The van der Waals surface area contributed by atoms with Crippen LogP contribution < -0.4 is 0 Å². The Balaban J connectivity index is 2.45. The predicted molar refractivity (Wildman–Crippen MR) is 92.5 cm³/mol. The summed E-state index contributed by atoms with van der Waals surface area (Å²) in [6.07, 6.45) is 7.00. The average Bonchev–Trinajstić information content (AvgIpc) is 2.44. The number of rotatable bonds is 3. The summed E-state index contributed by atoms with van der Waals surface area (Å²) < 4.78 is 0. The zero-order valence-corrected chi connectivity index (χ0v) is 14.4. The summed E-state index contributed by atoms with van der Waals surface area (Å²) in [5, 5.41) is 23.0. The van der Waals surface area contributed by atoms with Crippen molar-refractivity contribution in [1.29, 1.82) is 0 Å². The summed E-state index contributed by atoms with van der Waals surface area (Å²) in [4.78, 5) is 0. The second kappa shape index (κ2) is 5.82. The minimum Gasteiger partial charge on any atom is -0.382 e. The molecule has 2 N–H and O–H groups in total. The smallest absolute Gasteiger partial charge is 0.118 e. The monoisotopic (exact) mass is 302 g/mol. The van der Waals surface area contributed by atoms with Gasteiger partial charge in [-0.05, 0) is 76.4 Å². The van der Waals surface area contributed by atoms with E-state index < -0.39 is 11.2 Å². The van der Waals surface area contributed by atoms with Crippen LogP contribution in [0.25, 0.3) is 0 Å². The Labute approximate surface area is 134 Å². The number of allylic oxidation sites excluding steroid dienone is 4. The maximum atomic E-state index is 11.5. The molecule has 0 saturated carbocycles. The van der Waals surface area contributed by atoms with Gasteiger partial charge in [0.2, 0.25) is 0 Å². The molecule has 2 aliphatic rings. The molecular weight excluding hydrogens is 272 g/mol. The van der Waals surface area contributed by atoms with Crippen LogP contribution in [-0.4, -0.2) is 21.4 Å². The fourth-order valence-electron chi connectivity index (χ4n) is 3.92. The van der Waals surface area contributed by atoms with Crippen molar-refractivity contribution >= 4 is 0 Å². The second-order valence-electron chi connectivity index (χ2n) is 7.46. The van der Waals surface area contributed by atoms with Crippen molar-refractivity contribution in [2.45, 2.75) is 64.6 Å². The third-order valence-electron chi connectivity index (χ3n) is 5.88. The lowest BCUT2D eigenvalue weighted by atomic mass is 9.60. The van der Waals surface area contributed by atoms with Gasteiger partial charge in [-0.3, -0.25) is 0 Å². The third-order valence-corrected chi connectivity index (χ3v) is 5.88. The highest BCUT2D eigenvalue weighted by molar-refractivity contribution is 5.37. The lowest BCUT2D eigenvalue weighted by Crippen LogP contribution is -2.59. The zero-order chi connectivity index (χ0) is 16.7. The van der Waals surface area contributed by atoms with Crippen LogP contribution >= 0.6 is 0 Å². The highest BCUT2D eigenvalue weighted by Crippen LogP contribution is 2.50. The van der Waals surface area contributed by atoms with Crippen LogP contribution in [0.15, 0.2) is 47.6 Å². The summed E-state index contributed by atoms with van der Waals surface area (Å²) in [5.74, 6) is 0.437. The minimum absolute atomic E-state index is 0.218. The molecule has 22 heavy (non-hydrogen) atoms. The molecule has 122 valence electrons. The summed E-state index contributed by atoms with van der Waals surface area (Å²) >= 11 is 0. The van der Waals surface area contributed by atoms with Crippen LogP contribution in [0.4, 0.5) is 0 Å². The first-order valence-electron chi connectivity index (χ1n) is 8.22. The van der Waals surface area contributed by atoms with E-state index in [1.54, 1.807) is 0 Å². The van der Waals surface area contributed by atoms with Crippen LogP contribution in [0.3, 0.4) is 0 Å². The van der Waals surface area contributed by atoms with Crippen molar-refractivity contribution in [3.05, 3.63) is 47.6 Å². The molecule has 0 bridgehead atoms. The minimum atomic E-state index is -1.22. The SMILES string of the molecule is C=C(C)[C@@H]1CC=C(C)[C@](O)([C@]2(O)C[C@H](C(=C)C)CC=C2C)C1. The Morgan fingerprint density at radius 2 is 1.23 bits per heavy atom. The molecule has 0 saturated heterocycles. The van der Waals surface area contributed by atoms with Gasteiger partial charge < -0.3 is 10.2 Å². The van der Waals surface area contributed by atoms with Crippen LogP contribution in [0.2, 0.25) is 0 Å². The lowest BCUT2D eigenvalue weighted by Gasteiger charge is -2.51. The summed E-state index contributed by atoms with van der Waals surface area (Å²) in [5.41, 5.74) is 1.46. The number of hydrogen-bond donors (Lipinski definition) is 2. The van der Waals surface area contributed by atoms with E-state index in [4.69, 9.17) is 0 Å². The lowest BCUT2D eigenvalue weighted by molar-refractivity contribution is -0.130. The number of hydrogen-bond acceptors (Lipinski definition) is 2. The molecule has 0 heterocycles. The van der Waals surface area contributed by atoms with Gasteiger partial charge in [0.1, 0.15) is 11.2 Å². The largest absolute Gasteiger partial charge is 0.382 e. The Bertz CT molecular complexity index is 504. The zero-order valence-electron chi connectivity index (χ0n) is 14.4. The van der Waals surface area contributed by atoms with Crippen molar-refractivity contribution in [1.82, 2.24) is 0 Å². The fourth-order valence-corrected chi connectivity index (χ4v) is 3.92. The van der Waals surface area contributed by atoms with Gasteiger partial charge in [0.15, 0.2) is 0 Å². The quantitative estimate of drug-likeness (QED) is 0.763. The summed E-state index contributed by atoms with van der Waals surface area (Å²) in [6.45, 7) is 16.0. The highest BCUT2D eigenvalue weighted by atomic mass is 16.4. The molecule has 2 rings (SSSR count). The molecular formula is C20H30O2. The van der Waals surface area contributed by atoms with E-state index in [9.17, 15) is 10.2 Å². The van der Waals surface area contributed by atoms with Gasteiger partial charge >= 0.3 is 0 Å². The molecule has 4 atom stereocenters. The van der Waals surface area contributed by atoms with Crippen LogP contribution in [0.1, 0.15) is 53.4 Å². The molecule has 0 radical (unpaired) electrons. The van der Waals surface area contributed by atoms with Gasteiger partial charge in [-0.1, -0.05) is 36.5 Å². The Morgan fingerprint density at radius 1 is 0.909 bits per heavy atom. The second-order valence-corrected chi connectivity index (χ2v) is 7.46. The Morgan fingerprint density at radius 3 is 1.50 bits per heavy atom. The van der Waals surface area contributed by atoms with Crippen LogP contribution in [0.5, 0.6) is 0 Å². The first-order chi connectivity index (χ1) is 10.1. The van der Waals surface area contributed by atoms with E-state index in [0.29, 0.717) is 12.8 Å². The van der Waals surface area contributed by atoms with Gasteiger partial charge in [-0.15, -0.1) is 0 Å². The van der Waals surface area contributed by atoms with Crippen molar-refractivity contribution in [2.75, 3.05) is 0 Å². The average molecular weight is 302 g/mol. The molecule has 2 aliphatic carbocycles. The molecule has 0 amide bonds. The molecule has 2 heteroatoms. The van der Waals surface area contributed by atoms with E-state index in [-0.39, 0.29) is 11.8 Å². The normalized spacial score (nSPS) is 39.0. The van der Waals surface area contributed by atoms with Crippen molar-refractivity contribution < 1.29 is 10.2 Å². The van der Waals surface area contributed by atoms with E-state index in [1.807, 2.05) is 27.7 Å². The highest BCUT2D eigenvalue weighted by Gasteiger charge is 2.55. The third kappa shape index (κ3) is 2.63. The molecule has 2 nitrogen and oxygen atoms in total. The topological polar surface area (TPSA) is 40.5 Å². The number of aliphatic hydroxyl groups is 2. The molecule has 0 aromatic heterocycles. The van der Waals surface area contributed by atoms with Gasteiger partial charge in [0.05, 0.1) is 0 Å². The van der Waals surface area contributed by atoms with Crippen LogP contribution in [0, 0.1) is 11.8 Å². The maximum absolute atomic E-state index is 11.5. The molecule has 0 aromatic rings. The maximum Gasteiger partial charge on any atom is 0.118 e. The molecule has 0 fully saturated rings. The molecule has 0 aromatic carbocycles. The first-order valence-corrected chi connectivity index (χ1v) is 8.22. The van der Waals surface area contributed by atoms with Gasteiger partial charge in [-0.25, -0.2) is 0 Å². The predicted octanol–water partition coefficient (Wildman–Crippen LogP) is 4.31. The van der Waals surface area contributed by atoms with E-state index in [1.165, 1.54) is 0 Å². The molecule has 0 spiro atoms. The Hall–Kier alpha value is -1.12. The van der Waals surface area contributed by atoms with Gasteiger partial charge in [0.25, 0.3) is 0 Å². The standard InChI is InChI=1S/C20H30O2/c1-13(2)17-9-7-15(5)19(21,11-17)20(22)12-18(14(3)4)10-8-16(20)6/h7-8,17-18,21-22H,1,3,9-12H2,2,4-6H3/t17-,18-,19+,20+/m1/s1. The van der Waals surface area contributed by atoms with E-state index >= 15 is 0 Å². The first kappa shape index (κ1) is 17.2. The Kier molecular flexibility index (Phi) is 4.56. The summed E-state index contributed by atoms with van der Waals surface area (Å²) in [7, 11) is 0. The van der Waals surface area contributed by atoms with Crippen molar-refractivity contribution in [3.63, 3.8) is 0 Å². The van der Waals surface area contributed by atoms with E-state index in [0.717, 1.165) is 35.1 Å². The van der Waals surface area contributed by atoms with Crippen LogP contribution in [-0.2, 0) is 0 Å². The van der Waals surface area contributed by atoms with E-state index in [2.05, 4.69) is 25.3 Å². The molecule has 0 unspecified atom stereocenters.